The second-order valence-corrected chi connectivity index (χ2v) is 17.5. The first-order valence-electron chi connectivity index (χ1n) is 11.9. The van der Waals surface area contributed by atoms with Crippen LogP contribution in [0.15, 0.2) is 24.3 Å². The van der Waals surface area contributed by atoms with Gasteiger partial charge in [0.15, 0.2) is 0 Å². The number of allylic oxidation sites excluding steroid dienone is 4. The predicted molar refractivity (Wildman–Crippen MR) is 136 cm³/mol. The van der Waals surface area contributed by atoms with Crippen molar-refractivity contribution in [3.05, 3.63) is 24.3 Å². The molecule has 4 atom stereocenters. The van der Waals surface area contributed by atoms with Crippen LogP contribution in [0.3, 0.4) is 0 Å². The van der Waals surface area contributed by atoms with Crippen LogP contribution in [0.25, 0.3) is 0 Å². The molecule has 1 aliphatic carbocycles. The molecule has 2 aliphatic heterocycles. The third-order valence-corrected chi connectivity index (χ3v) is 14.2. The Balaban J connectivity index is 0.000000570. The van der Waals surface area contributed by atoms with Crippen molar-refractivity contribution in [3.63, 3.8) is 0 Å². The predicted octanol–water partition coefficient (Wildman–Crippen LogP) is 9.84. The number of halogens is 4. The van der Waals surface area contributed by atoms with E-state index in [0.29, 0.717) is 10.3 Å². The Morgan fingerprint density at radius 1 is 0.625 bits per heavy atom. The summed E-state index contributed by atoms with van der Waals surface area (Å²) in [5.41, 5.74) is 2.24. The zero-order valence-corrected chi connectivity index (χ0v) is 24.3. The van der Waals surface area contributed by atoms with Gasteiger partial charge in [-0.1, -0.05) is 81.7 Å². The van der Waals surface area contributed by atoms with Crippen molar-refractivity contribution in [2.24, 2.45) is 0 Å². The molecule has 2 saturated heterocycles. The number of rotatable bonds is 1. The summed E-state index contributed by atoms with van der Waals surface area (Å²) < 4.78 is 39.0. The van der Waals surface area contributed by atoms with Crippen LogP contribution in [0.2, 0.25) is 0 Å². The van der Waals surface area contributed by atoms with Crippen molar-refractivity contribution in [3.8, 4) is 0 Å². The molecule has 3 rings (SSSR count). The van der Waals surface area contributed by atoms with Gasteiger partial charge in [0.2, 0.25) is 0 Å². The molecule has 0 aromatic rings. The Labute approximate surface area is 210 Å². The van der Waals surface area contributed by atoms with Crippen molar-refractivity contribution < 1.29 is 36.7 Å². The molecule has 2 unspecified atom stereocenters. The van der Waals surface area contributed by atoms with Gasteiger partial charge in [-0.2, -0.15) is 0 Å². The fraction of sp³-hybridized carbons (Fsp3) is 0.833. The van der Waals surface area contributed by atoms with Gasteiger partial charge in [0, 0.05) is 19.5 Å². The van der Waals surface area contributed by atoms with E-state index in [9.17, 15) is 17.3 Å². The third-order valence-electron chi connectivity index (χ3n) is 6.10. The Morgan fingerprint density at radius 2 is 0.875 bits per heavy atom. The largest absolute Gasteiger partial charge is 0.673 e. The normalized spacial score (nSPS) is 30.4. The molecule has 0 nitrogen and oxygen atoms in total. The summed E-state index contributed by atoms with van der Waals surface area (Å²) in [6.45, 7) is 15.0. The fourth-order valence-corrected chi connectivity index (χ4v) is 13.0. The molecule has 191 valence electrons. The van der Waals surface area contributed by atoms with E-state index in [0.717, 1.165) is 11.3 Å². The van der Waals surface area contributed by atoms with Gasteiger partial charge in [-0.3, -0.25) is 0 Å². The summed E-state index contributed by atoms with van der Waals surface area (Å²) in [5, 5.41) is 1.19. The van der Waals surface area contributed by atoms with E-state index in [-0.39, 0.29) is 35.3 Å². The maximum Gasteiger partial charge on any atom is 0.673 e. The quantitative estimate of drug-likeness (QED) is 0.125. The summed E-state index contributed by atoms with van der Waals surface area (Å²) in [7, 11) is -5.44. The van der Waals surface area contributed by atoms with Crippen molar-refractivity contribution in [1.29, 1.82) is 0 Å². The summed E-state index contributed by atoms with van der Waals surface area (Å²) in [6, 6.07) is 0. The van der Waals surface area contributed by atoms with E-state index >= 15 is 0 Å². The maximum absolute atomic E-state index is 9.75. The van der Waals surface area contributed by atoms with Gasteiger partial charge in [-0.05, 0) is 85.3 Å². The van der Waals surface area contributed by atoms with Gasteiger partial charge in [0.05, 0.1) is 0 Å². The van der Waals surface area contributed by atoms with Crippen LogP contribution in [-0.4, -0.2) is 41.2 Å². The van der Waals surface area contributed by atoms with Gasteiger partial charge in [-0.25, -0.2) is 0 Å². The molecule has 0 N–H and O–H groups in total. The van der Waals surface area contributed by atoms with E-state index in [4.69, 9.17) is 0 Å². The van der Waals surface area contributed by atoms with E-state index < -0.39 is 7.25 Å². The first-order valence-corrected chi connectivity index (χ1v) is 15.1. The minimum absolute atomic E-state index is 0. The van der Waals surface area contributed by atoms with E-state index in [1.807, 2.05) is 0 Å². The van der Waals surface area contributed by atoms with Crippen LogP contribution in [0, 0.1) is 0 Å². The molecule has 8 heteroatoms. The van der Waals surface area contributed by atoms with Crippen molar-refractivity contribution in [1.82, 2.24) is 0 Å². The monoisotopic (exact) mass is 584 g/mol. The van der Waals surface area contributed by atoms with Gasteiger partial charge >= 0.3 is 7.25 Å². The molecular formula is C24H44BF4P2Rh-. The summed E-state index contributed by atoms with van der Waals surface area (Å²) >= 11 is 0. The number of hydrogen-bond acceptors (Lipinski definition) is 0. The minimum atomic E-state index is -6.00. The fourth-order valence-electron chi connectivity index (χ4n) is 4.91. The molecule has 1 radical (unpaired) electrons. The smallest absolute Gasteiger partial charge is 0.418 e. The van der Waals surface area contributed by atoms with Crippen molar-refractivity contribution >= 4 is 23.1 Å². The average Bonchev–Trinajstić information content (AvgIpc) is 3.21. The second kappa shape index (κ2) is 15.0. The molecule has 0 bridgehead atoms. The SMILES string of the molecule is C1=C\CC/C=C\CC/1.CC(C)(C)P1CCC[C@@H]1[C@H]1CCCP1C(C)(C)C.F[B-](F)(F)F.[Rh]. The summed E-state index contributed by atoms with van der Waals surface area (Å²) in [5.74, 6) is 0. The molecule has 0 aromatic heterocycles. The van der Waals surface area contributed by atoms with Crippen LogP contribution in [0.5, 0.6) is 0 Å². The molecule has 32 heavy (non-hydrogen) atoms. The van der Waals surface area contributed by atoms with E-state index in [1.54, 1.807) is 25.2 Å². The van der Waals surface area contributed by atoms with Crippen LogP contribution >= 0.6 is 15.8 Å². The number of hydrogen-bond donors (Lipinski definition) is 0. The Kier molecular flexibility index (Phi) is 15.3. The second-order valence-electron chi connectivity index (χ2n) is 10.7. The Morgan fingerprint density at radius 3 is 1.09 bits per heavy atom. The van der Waals surface area contributed by atoms with Gasteiger partial charge in [0.25, 0.3) is 0 Å². The third kappa shape index (κ3) is 13.6. The Bertz CT molecular complexity index is 506. The van der Waals surface area contributed by atoms with E-state index in [1.165, 1.54) is 38.5 Å². The van der Waals surface area contributed by atoms with Crippen LogP contribution in [0.4, 0.5) is 17.3 Å². The van der Waals surface area contributed by atoms with Crippen LogP contribution < -0.4 is 0 Å². The molecule has 0 amide bonds. The molecule has 0 saturated carbocycles. The summed E-state index contributed by atoms with van der Waals surface area (Å²) in [6.07, 6.45) is 23.3. The maximum atomic E-state index is 9.75. The topological polar surface area (TPSA) is 0 Å². The van der Waals surface area contributed by atoms with Crippen LogP contribution in [0.1, 0.15) is 92.9 Å². The first kappa shape index (κ1) is 32.7. The summed E-state index contributed by atoms with van der Waals surface area (Å²) in [4.78, 5) is 0. The first-order chi connectivity index (χ1) is 14.2. The van der Waals surface area contributed by atoms with Crippen molar-refractivity contribution in [2.45, 2.75) is 115 Å². The Hall–Kier alpha value is 0.748. The zero-order chi connectivity index (χ0) is 23.7. The van der Waals surface area contributed by atoms with Gasteiger partial charge in [-0.15, -0.1) is 0 Å². The van der Waals surface area contributed by atoms with Gasteiger partial charge in [0.1, 0.15) is 0 Å². The molecule has 3 aliphatic rings. The molecule has 2 heterocycles. The minimum Gasteiger partial charge on any atom is -0.418 e. The van der Waals surface area contributed by atoms with E-state index in [2.05, 4.69) is 65.8 Å². The van der Waals surface area contributed by atoms with Crippen molar-refractivity contribution in [2.75, 3.05) is 12.3 Å². The van der Waals surface area contributed by atoms with Gasteiger partial charge < -0.3 is 17.3 Å². The standard InChI is InChI=1S/C16H32P2.C8H12.BF4.Rh/c1-15(2,3)17-11-7-9-13(17)14-10-8-12-18(14)16(4,5)6;1-2-4-6-8-7-5-3-1;2-1(3,4)5;/h13-14H,7-12H2,1-6H3;1-2,7-8H,3-6H2;;/q;;-1;/b;2-1-,8-7-;;/t13-,14-,17?,18?;;;/m1.../s1. The van der Waals surface area contributed by atoms with Crippen LogP contribution in [-0.2, 0) is 19.5 Å². The zero-order valence-electron chi connectivity index (χ0n) is 20.9. The molecule has 2 fully saturated rings. The molecular weight excluding hydrogens is 540 g/mol. The molecule has 0 spiro atoms. The molecule has 0 aromatic carbocycles. The average molecular weight is 584 g/mol.